The Morgan fingerprint density at radius 3 is 2.62 bits per heavy atom. The highest BCUT2D eigenvalue weighted by Crippen LogP contribution is 2.18. The third kappa shape index (κ3) is 4.47. The molecule has 1 aromatic heterocycles. The Bertz CT molecular complexity index is 861. The highest BCUT2D eigenvalue weighted by Gasteiger charge is 2.20. The van der Waals surface area contributed by atoms with Crippen molar-refractivity contribution >= 4 is 5.91 Å². The molecule has 6 heteroatoms. The summed E-state index contributed by atoms with van der Waals surface area (Å²) >= 11 is 0. The Kier molecular flexibility index (Phi) is 5.63. The van der Waals surface area contributed by atoms with Crippen molar-refractivity contribution < 1.29 is 18.4 Å². The lowest BCUT2D eigenvalue weighted by Crippen LogP contribution is -2.27. The van der Waals surface area contributed by atoms with Crippen molar-refractivity contribution in [3.8, 4) is 5.75 Å². The molecule has 0 bridgehead atoms. The lowest BCUT2D eigenvalue weighted by Gasteiger charge is -2.07. The maximum Gasteiger partial charge on any atom is 0.273 e. The minimum Gasteiger partial charge on any atom is -0.489 e. The van der Waals surface area contributed by atoms with Crippen molar-refractivity contribution in [3.05, 3.63) is 83.0 Å². The normalized spacial score (nSPS) is 10.5. The second kappa shape index (κ2) is 8.29. The topological polar surface area (TPSA) is 64.4 Å². The molecule has 0 saturated carbocycles. The number of hydrogen-bond donors (Lipinski definition) is 1. The number of rotatable bonds is 7. The van der Waals surface area contributed by atoms with Crippen molar-refractivity contribution in [1.29, 1.82) is 0 Å². The van der Waals surface area contributed by atoms with Crippen LogP contribution >= 0.6 is 0 Å². The molecule has 0 radical (unpaired) electrons. The summed E-state index contributed by atoms with van der Waals surface area (Å²) in [4.78, 5) is 12.4. The first-order chi connectivity index (χ1) is 12.6. The second-order valence-electron chi connectivity index (χ2n) is 5.80. The summed E-state index contributed by atoms with van der Waals surface area (Å²) in [5, 5.41) is 6.68. The molecule has 3 rings (SSSR count). The van der Waals surface area contributed by atoms with E-state index in [9.17, 15) is 9.18 Å². The van der Waals surface area contributed by atoms with Gasteiger partial charge in [0, 0.05) is 6.54 Å². The third-order valence-corrected chi connectivity index (χ3v) is 3.94. The Balaban J connectivity index is 1.59. The van der Waals surface area contributed by atoms with E-state index in [-0.39, 0.29) is 24.0 Å². The zero-order valence-electron chi connectivity index (χ0n) is 14.4. The van der Waals surface area contributed by atoms with Crippen LogP contribution in [-0.4, -0.2) is 17.6 Å². The van der Waals surface area contributed by atoms with Crippen molar-refractivity contribution in [2.24, 2.45) is 0 Å². The van der Waals surface area contributed by atoms with E-state index < -0.39 is 0 Å². The van der Waals surface area contributed by atoms with E-state index >= 15 is 0 Å². The van der Waals surface area contributed by atoms with E-state index in [2.05, 4.69) is 10.5 Å². The number of nitrogens with zero attached hydrogens (tertiary/aromatic N) is 1. The first kappa shape index (κ1) is 17.7. The van der Waals surface area contributed by atoms with Gasteiger partial charge in [-0.15, -0.1) is 0 Å². The molecule has 1 heterocycles. The minimum atomic E-state index is -0.336. The fourth-order valence-corrected chi connectivity index (χ4v) is 2.47. The number of benzene rings is 2. The quantitative estimate of drug-likeness (QED) is 0.703. The lowest BCUT2D eigenvalue weighted by atomic mass is 10.1. The summed E-state index contributed by atoms with van der Waals surface area (Å²) in [7, 11) is 0. The maximum absolute atomic E-state index is 12.9. The monoisotopic (exact) mass is 354 g/mol. The fourth-order valence-electron chi connectivity index (χ4n) is 2.47. The van der Waals surface area contributed by atoms with Gasteiger partial charge in [0.15, 0.2) is 5.69 Å². The molecule has 134 valence electrons. The summed E-state index contributed by atoms with van der Waals surface area (Å²) in [5.74, 6) is 0.371. The molecule has 3 aromatic rings. The maximum atomic E-state index is 12.9. The Morgan fingerprint density at radius 2 is 1.88 bits per heavy atom. The molecule has 0 unspecified atom stereocenters. The van der Waals surface area contributed by atoms with Gasteiger partial charge in [-0.05, 0) is 43.2 Å². The van der Waals surface area contributed by atoms with Crippen LogP contribution in [0.5, 0.6) is 5.75 Å². The average Bonchev–Trinajstić information content (AvgIpc) is 3.03. The van der Waals surface area contributed by atoms with Crippen LogP contribution in [0.1, 0.15) is 27.4 Å². The van der Waals surface area contributed by atoms with E-state index in [0.717, 1.165) is 12.0 Å². The number of ether oxygens (including phenoxy) is 1. The molecule has 0 aliphatic rings. The summed E-state index contributed by atoms with van der Waals surface area (Å²) in [6.45, 7) is 2.33. The summed E-state index contributed by atoms with van der Waals surface area (Å²) in [5.41, 5.74) is 1.92. The van der Waals surface area contributed by atoms with E-state index in [0.29, 0.717) is 23.6 Å². The van der Waals surface area contributed by atoms with Crippen molar-refractivity contribution in [2.45, 2.75) is 20.0 Å². The van der Waals surface area contributed by atoms with Crippen LogP contribution in [0, 0.1) is 12.7 Å². The molecule has 26 heavy (non-hydrogen) atoms. The number of amides is 1. The Hall–Kier alpha value is -3.15. The number of aryl methyl sites for hydroxylation is 1. The SMILES string of the molecule is Cc1onc(C(=O)NCCc2ccccc2)c1COc1ccc(F)cc1. The van der Waals surface area contributed by atoms with E-state index in [4.69, 9.17) is 9.26 Å². The first-order valence-electron chi connectivity index (χ1n) is 8.29. The van der Waals surface area contributed by atoms with Crippen LogP contribution in [0.4, 0.5) is 4.39 Å². The Labute approximate surface area is 150 Å². The molecule has 0 aliphatic heterocycles. The molecule has 2 aromatic carbocycles. The average molecular weight is 354 g/mol. The first-order valence-corrected chi connectivity index (χ1v) is 8.29. The molecular formula is C20H19FN2O3. The van der Waals surface area contributed by atoms with E-state index in [1.54, 1.807) is 6.92 Å². The van der Waals surface area contributed by atoms with Gasteiger partial charge in [-0.25, -0.2) is 4.39 Å². The van der Waals surface area contributed by atoms with Crippen LogP contribution in [0.3, 0.4) is 0 Å². The lowest BCUT2D eigenvalue weighted by molar-refractivity contribution is 0.0943. The van der Waals surface area contributed by atoms with Crippen LogP contribution < -0.4 is 10.1 Å². The molecular weight excluding hydrogens is 335 g/mol. The molecule has 0 atom stereocenters. The summed E-state index contributed by atoms with van der Waals surface area (Å²) in [6, 6.07) is 15.6. The molecule has 1 N–H and O–H groups in total. The minimum absolute atomic E-state index is 0.113. The van der Waals surface area contributed by atoms with Gasteiger partial charge >= 0.3 is 0 Å². The second-order valence-corrected chi connectivity index (χ2v) is 5.80. The zero-order chi connectivity index (χ0) is 18.4. The molecule has 5 nitrogen and oxygen atoms in total. The summed E-state index contributed by atoms with van der Waals surface area (Å²) < 4.78 is 23.7. The highest BCUT2D eigenvalue weighted by molar-refractivity contribution is 5.93. The van der Waals surface area contributed by atoms with Crippen molar-refractivity contribution in [3.63, 3.8) is 0 Å². The Morgan fingerprint density at radius 1 is 1.15 bits per heavy atom. The van der Waals surface area contributed by atoms with Gasteiger partial charge in [0.2, 0.25) is 0 Å². The summed E-state index contributed by atoms with van der Waals surface area (Å²) in [6.07, 6.45) is 0.727. The van der Waals surface area contributed by atoms with Crippen LogP contribution in [-0.2, 0) is 13.0 Å². The van der Waals surface area contributed by atoms with Gasteiger partial charge in [0.05, 0.1) is 5.56 Å². The van der Waals surface area contributed by atoms with Crippen LogP contribution in [0.2, 0.25) is 0 Å². The van der Waals surface area contributed by atoms with Crippen molar-refractivity contribution in [2.75, 3.05) is 6.54 Å². The molecule has 0 spiro atoms. The van der Waals surface area contributed by atoms with Gasteiger partial charge in [-0.2, -0.15) is 0 Å². The largest absolute Gasteiger partial charge is 0.489 e. The smallest absolute Gasteiger partial charge is 0.273 e. The van der Waals surface area contributed by atoms with E-state index in [1.165, 1.54) is 24.3 Å². The van der Waals surface area contributed by atoms with Gasteiger partial charge in [0.25, 0.3) is 5.91 Å². The number of hydrogen-bond acceptors (Lipinski definition) is 4. The van der Waals surface area contributed by atoms with Gasteiger partial charge in [-0.3, -0.25) is 4.79 Å². The predicted octanol–water partition coefficient (Wildman–Crippen LogP) is 3.67. The number of carbonyl (C=O) groups excluding carboxylic acids is 1. The number of nitrogens with one attached hydrogen (secondary N) is 1. The van der Waals surface area contributed by atoms with Gasteiger partial charge < -0.3 is 14.6 Å². The number of carbonyl (C=O) groups is 1. The number of halogens is 1. The molecule has 0 saturated heterocycles. The fraction of sp³-hybridized carbons (Fsp3) is 0.200. The highest BCUT2D eigenvalue weighted by atomic mass is 19.1. The van der Waals surface area contributed by atoms with Gasteiger partial charge in [-0.1, -0.05) is 35.5 Å². The van der Waals surface area contributed by atoms with Gasteiger partial charge in [0.1, 0.15) is 23.9 Å². The van der Waals surface area contributed by atoms with Crippen LogP contribution in [0.25, 0.3) is 0 Å². The third-order valence-electron chi connectivity index (χ3n) is 3.94. The number of aromatic nitrogens is 1. The van der Waals surface area contributed by atoms with Crippen LogP contribution in [0.15, 0.2) is 59.1 Å². The zero-order valence-corrected chi connectivity index (χ0v) is 14.4. The molecule has 1 amide bonds. The van der Waals surface area contributed by atoms with E-state index in [1.807, 2.05) is 30.3 Å². The molecule has 0 fully saturated rings. The van der Waals surface area contributed by atoms with Crippen molar-refractivity contribution in [1.82, 2.24) is 10.5 Å². The predicted molar refractivity (Wildman–Crippen MR) is 94.5 cm³/mol. The standard InChI is InChI=1S/C20H19FN2O3/c1-14-18(13-25-17-9-7-16(21)8-10-17)19(23-26-14)20(24)22-12-11-15-5-3-2-4-6-15/h2-10H,11-13H2,1H3,(H,22,24). The molecule has 0 aliphatic carbocycles.